The number of aromatic nitrogens is 2. The molecule has 6 aromatic rings. The number of para-hydroxylation sites is 1. The van der Waals surface area contributed by atoms with Crippen molar-refractivity contribution in [2.75, 3.05) is 0 Å². The molecule has 1 aromatic heterocycles. The second kappa shape index (κ2) is 8.22. The Labute approximate surface area is 199 Å². The van der Waals surface area contributed by atoms with Crippen molar-refractivity contribution in [3.63, 3.8) is 0 Å². The Kier molecular flexibility index (Phi) is 4.92. The summed E-state index contributed by atoms with van der Waals surface area (Å²) in [6.07, 6.45) is 0. The molecule has 1 heterocycles. The normalized spacial score (nSPS) is 11.2. The predicted octanol–water partition coefficient (Wildman–Crippen LogP) is 6.84. The molecule has 0 bridgehead atoms. The van der Waals surface area contributed by atoms with E-state index < -0.39 is 0 Å². The van der Waals surface area contributed by atoms with Crippen molar-refractivity contribution in [3.05, 3.63) is 103 Å². The van der Waals surface area contributed by atoms with E-state index in [0.29, 0.717) is 17.5 Å². The second-order valence-electron chi connectivity index (χ2n) is 7.76. The van der Waals surface area contributed by atoms with E-state index in [0.717, 1.165) is 21.9 Å². The molecule has 0 fully saturated rings. The van der Waals surface area contributed by atoms with Crippen LogP contribution in [0.4, 0.5) is 0 Å². The van der Waals surface area contributed by atoms with Crippen LogP contribution in [0.3, 0.4) is 0 Å². The van der Waals surface area contributed by atoms with Gasteiger partial charge in [-0.3, -0.25) is 0 Å². The molecular formula is C28H17AlN2O2. The van der Waals surface area contributed by atoms with E-state index in [9.17, 15) is 0 Å². The third kappa shape index (κ3) is 3.39. The fourth-order valence-corrected chi connectivity index (χ4v) is 4.57. The molecule has 0 spiro atoms. The first kappa shape index (κ1) is 19.8. The highest BCUT2D eigenvalue weighted by atomic mass is 27.1. The summed E-state index contributed by atoms with van der Waals surface area (Å²) in [4.78, 5) is 0. The number of rotatable bonds is 4. The Balaban J connectivity index is 1.52. The number of hydrogen-bond acceptors (Lipinski definition) is 4. The number of benzene rings is 5. The first-order valence-electron chi connectivity index (χ1n) is 10.6. The van der Waals surface area contributed by atoms with Crippen LogP contribution in [-0.4, -0.2) is 26.8 Å². The second-order valence-corrected chi connectivity index (χ2v) is 8.00. The molecule has 154 valence electrons. The Morgan fingerprint density at radius 1 is 0.515 bits per heavy atom. The van der Waals surface area contributed by atoms with Crippen molar-refractivity contribution in [1.82, 2.24) is 10.2 Å². The third-order valence-electron chi connectivity index (χ3n) is 5.90. The van der Waals surface area contributed by atoms with E-state index >= 15 is 0 Å². The van der Waals surface area contributed by atoms with Gasteiger partial charge < -0.3 is 8.21 Å². The first-order valence-corrected chi connectivity index (χ1v) is 11.1. The van der Waals surface area contributed by atoms with Crippen molar-refractivity contribution in [2.24, 2.45) is 0 Å². The average molecular weight is 440 g/mol. The van der Waals surface area contributed by atoms with Crippen LogP contribution < -0.4 is 3.79 Å². The molecule has 0 aliphatic heterocycles. The predicted molar refractivity (Wildman–Crippen MR) is 132 cm³/mol. The molecule has 0 aliphatic carbocycles. The largest absolute Gasteiger partial charge is 0.653 e. The lowest BCUT2D eigenvalue weighted by atomic mass is 9.92. The minimum absolute atomic E-state index is 0.422. The molecule has 6 rings (SSSR count). The van der Waals surface area contributed by atoms with Gasteiger partial charge in [-0.1, -0.05) is 84.9 Å². The van der Waals surface area contributed by atoms with Crippen molar-refractivity contribution in [2.45, 2.75) is 0 Å². The molecule has 0 saturated carbocycles. The SMILES string of the molecule is [Al][O]c1ccccc1-c1nnc(-c2ccc(-c3cccc4ccccc34)c3ccccc23)o1. The monoisotopic (exact) mass is 440 g/mol. The van der Waals surface area contributed by atoms with Crippen molar-refractivity contribution in [3.8, 4) is 39.8 Å². The Morgan fingerprint density at radius 3 is 1.88 bits per heavy atom. The van der Waals surface area contributed by atoms with Gasteiger partial charge in [0.15, 0.2) is 0 Å². The van der Waals surface area contributed by atoms with Crippen LogP contribution in [-0.2, 0) is 0 Å². The highest BCUT2D eigenvalue weighted by Gasteiger charge is 2.17. The topological polar surface area (TPSA) is 48.2 Å². The van der Waals surface area contributed by atoms with Crippen LogP contribution >= 0.6 is 0 Å². The number of fused-ring (bicyclic) bond motifs is 2. The maximum atomic E-state index is 6.11. The lowest BCUT2D eigenvalue weighted by molar-refractivity contribution is 0.573. The summed E-state index contributed by atoms with van der Waals surface area (Å²) in [5, 5.41) is 13.3. The van der Waals surface area contributed by atoms with Gasteiger partial charge in [-0.25, -0.2) is 0 Å². The standard InChI is InChI=1S/C28H18N2O2.Al/c31-26-15-6-5-13-25(26)28-30-29-27(32-28)24-17-16-23(21-11-3-4-12-22(21)24)20-14-7-9-18-8-1-2-10-19(18)20;/h1-17,31H;/q;+1/p-1. The fourth-order valence-electron chi connectivity index (χ4n) is 4.37. The zero-order valence-electron chi connectivity index (χ0n) is 17.6. The Bertz CT molecular complexity index is 1620. The van der Waals surface area contributed by atoms with Crippen LogP contribution in [0.5, 0.6) is 5.75 Å². The summed E-state index contributed by atoms with van der Waals surface area (Å²) in [7, 11) is 0. The molecule has 5 heteroatoms. The van der Waals surface area contributed by atoms with Gasteiger partial charge in [-0.2, -0.15) is 0 Å². The van der Waals surface area contributed by atoms with E-state index in [2.05, 4.69) is 99.6 Å². The van der Waals surface area contributed by atoms with E-state index in [-0.39, 0.29) is 0 Å². The molecule has 0 N–H and O–H groups in total. The minimum atomic E-state index is 0.422. The number of hydrogen-bond donors (Lipinski definition) is 0. The van der Waals surface area contributed by atoms with Gasteiger partial charge in [0.25, 0.3) is 5.89 Å². The number of nitrogens with zero attached hydrogens (tertiary/aromatic N) is 2. The fraction of sp³-hybridized carbons (Fsp3) is 0. The smallest absolute Gasteiger partial charge is 0.482 e. The van der Waals surface area contributed by atoms with E-state index in [1.165, 1.54) is 21.9 Å². The Morgan fingerprint density at radius 2 is 1.06 bits per heavy atom. The zero-order chi connectivity index (χ0) is 22.2. The van der Waals surface area contributed by atoms with Gasteiger partial charge in [-0.15, -0.1) is 10.2 Å². The summed E-state index contributed by atoms with van der Waals surface area (Å²) in [6.45, 7) is 0. The van der Waals surface area contributed by atoms with Crippen LogP contribution in [0.15, 0.2) is 108 Å². The van der Waals surface area contributed by atoms with Crippen molar-refractivity contribution < 1.29 is 8.21 Å². The maximum absolute atomic E-state index is 6.11. The van der Waals surface area contributed by atoms with Gasteiger partial charge >= 0.3 is 16.6 Å². The highest BCUT2D eigenvalue weighted by molar-refractivity contribution is 6.09. The Hall–Kier alpha value is -3.91. The lowest BCUT2D eigenvalue weighted by Crippen LogP contribution is -1.88. The molecular weight excluding hydrogens is 423 g/mol. The van der Waals surface area contributed by atoms with Gasteiger partial charge in [0.05, 0.1) is 11.3 Å². The van der Waals surface area contributed by atoms with Crippen molar-refractivity contribution >= 4 is 38.2 Å². The van der Waals surface area contributed by atoms with Crippen molar-refractivity contribution in [1.29, 1.82) is 0 Å². The quantitative estimate of drug-likeness (QED) is 0.282. The zero-order valence-corrected chi connectivity index (χ0v) is 18.8. The molecule has 2 radical (unpaired) electrons. The molecule has 4 nitrogen and oxygen atoms in total. The summed E-state index contributed by atoms with van der Waals surface area (Å²) in [5.74, 6) is 1.56. The van der Waals surface area contributed by atoms with E-state index in [1.54, 1.807) is 0 Å². The molecule has 0 saturated heterocycles. The lowest BCUT2D eigenvalue weighted by Gasteiger charge is -2.12. The summed E-state index contributed by atoms with van der Waals surface area (Å²) >= 11 is 2.26. The molecule has 5 aromatic carbocycles. The van der Waals surface area contributed by atoms with Gasteiger partial charge in [0.2, 0.25) is 5.89 Å². The molecule has 0 unspecified atom stereocenters. The van der Waals surface area contributed by atoms with E-state index in [4.69, 9.17) is 8.21 Å². The summed E-state index contributed by atoms with van der Waals surface area (Å²) < 4.78 is 11.5. The highest BCUT2D eigenvalue weighted by Crippen LogP contribution is 2.39. The third-order valence-corrected chi connectivity index (χ3v) is 6.16. The van der Waals surface area contributed by atoms with Gasteiger partial charge in [0, 0.05) is 5.56 Å². The van der Waals surface area contributed by atoms with Crippen LogP contribution in [0.2, 0.25) is 0 Å². The van der Waals surface area contributed by atoms with Crippen LogP contribution in [0.25, 0.3) is 55.6 Å². The van der Waals surface area contributed by atoms with Crippen LogP contribution in [0, 0.1) is 0 Å². The van der Waals surface area contributed by atoms with Gasteiger partial charge in [0.1, 0.15) is 0 Å². The molecule has 0 atom stereocenters. The molecule has 0 aliphatic rings. The minimum Gasteiger partial charge on any atom is -0.653 e. The summed E-state index contributed by atoms with van der Waals surface area (Å²) in [6, 6.07) is 35.0. The van der Waals surface area contributed by atoms with E-state index in [1.807, 2.05) is 30.3 Å². The first-order chi connectivity index (χ1) is 16.3. The van der Waals surface area contributed by atoms with Crippen LogP contribution in [0.1, 0.15) is 0 Å². The molecule has 0 amide bonds. The summed E-state index contributed by atoms with van der Waals surface area (Å²) in [5.41, 5.74) is 4.03. The van der Waals surface area contributed by atoms with Gasteiger partial charge in [-0.05, 0) is 50.9 Å². The molecule has 33 heavy (non-hydrogen) atoms. The average Bonchev–Trinajstić information content (AvgIpc) is 3.37. The maximum Gasteiger partial charge on any atom is 0.482 e.